The molecule has 1 fully saturated rings. The van der Waals surface area contributed by atoms with Gasteiger partial charge in [0.15, 0.2) is 0 Å². The molecule has 0 aromatic carbocycles. The number of hydrogen-bond donors (Lipinski definition) is 2. The number of thioether (sulfide) groups is 1. The number of imidazole rings is 1. The molecule has 8 heteroatoms. The summed E-state index contributed by atoms with van der Waals surface area (Å²) in [5.74, 6) is 2.56. The summed E-state index contributed by atoms with van der Waals surface area (Å²) in [7, 11) is 0. The number of hydrogen-bond acceptors (Lipinski definition) is 7. The van der Waals surface area contributed by atoms with Gasteiger partial charge in [0.25, 0.3) is 0 Å². The molecule has 1 unspecified atom stereocenters. The van der Waals surface area contributed by atoms with E-state index in [1.165, 1.54) is 0 Å². The van der Waals surface area contributed by atoms with Crippen LogP contribution in [0.2, 0.25) is 0 Å². The Balaban J connectivity index is 1.60. The summed E-state index contributed by atoms with van der Waals surface area (Å²) in [6, 6.07) is 3.76. The van der Waals surface area contributed by atoms with Gasteiger partial charge in [0, 0.05) is 30.9 Å². The highest BCUT2D eigenvalue weighted by atomic mass is 32.2. The molecule has 7 nitrogen and oxygen atoms in total. The number of nitrogens with zero attached hydrogens (tertiary/aromatic N) is 4. The maximum absolute atomic E-state index is 5.76. The van der Waals surface area contributed by atoms with Crippen LogP contribution >= 0.6 is 11.8 Å². The molecule has 4 heterocycles. The van der Waals surface area contributed by atoms with Crippen LogP contribution < -0.4 is 15.4 Å². The van der Waals surface area contributed by atoms with Gasteiger partial charge in [-0.15, -0.1) is 11.8 Å². The number of amidine groups is 1. The smallest absolute Gasteiger partial charge is 0.141 e. The predicted molar refractivity (Wildman–Crippen MR) is 106 cm³/mol. The van der Waals surface area contributed by atoms with Crippen molar-refractivity contribution in [2.45, 2.75) is 31.4 Å². The van der Waals surface area contributed by atoms with Gasteiger partial charge in [0.05, 0.1) is 29.6 Å². The highest BCUT2D eigenvalue weighted by Gasteiger charge is 2.19. The fourth-order valence-corrected chi connectivity index (χ4v) is 3.80. The standard InChI is InChI=1S/C18H22N6OS/c1-12(2)25-13-4-6-24-15(8-21-17(24)7-13)14-3-5-19-9-16(22-14)23-18-10-20-11-26-18/h3-9,12,14,18,20H,10-11H2,1-2H3,(H,22,23)/t14?,18-/m1/s1. The van der Waals surface area contributed by atoms with Crippen LogP contribution in [0.3, 0.4) is 0 Å². The molecule has 0 saturated carbocycles. The first-order valence-corrected chi connectivity index (χ1v) is 9.74. The lowest BCUT2D eigenvalue weighted by molar-refractivity contribution is 0.242. The SMILES string of the molecule is CC(C)Oc1ccn2c(C3C=CN=CC(N[C@H]4CNCS4)=N3)cnc2c1. The Morgan fingerprint density at radius 1 is 1.42 bits per heavy atom. The first-order valence-electron chi connectivity index (χ1n) is 8.69. The van der Waals surface area contributed by atoms with Gasteiger partial charge in [-0.3, -0.25) is 9.98 Å². The Kier molecular flexibility index (Phi) is 4.94. The number of pyridine rings is 1. The molecule has 26 heavy (non-hydrogen) atoms. The summed E-state index contributed by atoms with van der Waals surface area (Å²) in [4.78, 5) is 13.7. The monoisotopic (exact) mass is 370 g/mol. The van der Waals surface area contributed by atoms with Crippen LogP contribution in [0.25, 0.3) is 5.65 Å². The van der Waals surface area contributed by atoms with Crippen LogP contribution in [0, 0.1) is 0 Å². The summed E-state index contributed by atoms with van der Waals surface area (Å²) in [5, 5.41) is 7.08. The normalized spacial score (nSPS) is 22.7. The number of aliphatic imine (C=N–C) groups is 2. The molecular formula is C18H22N6OS. The van der Waals surface area contributed by atoms with E-state index >= 15 is 0 Å². The quantitative estimate of drug-likeness (QED) is 0.864. The summed E-state index contributed by atoms with van der Waals surface area (Å²) in [6.07, 6.45) is 9.52. The maximum atomic E-state index is 5.76. The lowest BCUT2D eigenvalue weighted by Gasteiger charge is -2.14. The van der Waals surface area contributed by atoms with Crippen molar-refractivity contribution in [2.75, 3.05) is 12.4 Å². The lowest BCUT2D eigenvalue weighted by atomic mass is 10.2. The third-order valence-corrected chi connectivity index (χ3v) is 5.10. The van der Waals surface area contributed by atoms with Crippen molar-refractivity contribution in [3.63, 3.8) is 0 Å². The fourth-order valence-electron chi connectivity index (χ4n) is 2.92. The minimum absolute atomic E-state index is 0.134. The molecule has 2 N–H and O–H groups in total. The first-order chi connectivity index (χ1) is 12.7. The molecule has 2 atom stereocenters. The summed E-state index contributed by atoms with van der Waals surface area (Å²) >= 11 is 1.83. The number of ether oxygens (including phenoxy) is 1. The molecule has 4 rings (SSSR count). The van der Waals surface area contributed by atoms with Gasteiger partial charge in [0.1, 0.15) is 23.3 Å². The van der Waals surface area contributed by atoms with Crippen molar-refractivity contribution < 1.29 is 4.74 Å². The number of fused-ring (bicyclic) bond motifs is 1. The van der Waals surface area contributed by atoms with Gasteiger partial charge in [-0.2, -0.15) is 0 Å². The molecule has 2 aliphatic heterocycles. The number of rotatable bonds is 4. The van der Waals surface area contributed by atoms with Gasteiger partial charge in [-0.1, -0.05) is 0 Å². The second kappa shape index (κ2) is 7.51. The Bertz CT molecular complexity index is 866. The number of nitrogens with one attached hydrogen (secondary N) is 2. The molecule has 2 aromatic rings. The van der Waals surface area contributed by atoms with E-state index in [0.29, 0.717) is 5.37 Å². The second-order valence-electron chi connectivity index (χ2n) is 6.42. The Morgan fingerprint density at radius 3 is 3.15 bits per heavy atom. The third kappa shape index (κ3) is 3.76. The van der Waals surface area contributed by atoms with E-state index in [9.17, 15) is 0 Å². The zero-order chi connectivity index (χ0) is 17.9. The number of aromatic nitrogens is 2. The topological polar surface area (TPSA) is 75.3 Å². The van der Waals surface area contributed by atoms with Crippen LogP contribution in [-0.4, -0.2) is 45.3 Å². The van der Waals surface area contributed by atoms with Crippen molar-refractivity contribution in [2.24, 2.45) is 9.98 Å². The second-order valence-corrected chi connectivity index (χ2v) is 7.61. The van der Waals surface area contributed by atoms with Crippen LogP contribution in [-0.2, 0) is 0 Å². The predicted octanol–water partition coefficient (Wildman–Crippen LogP) is 2.37. The van der Waals surface area contributed by atoms with Crippen molar-refractivity contribution in [3.8, 4) is 5.75 Å². The molecule has 0 aliphatic carbocycles. The van der Waals surface area contributed by atoms with E-state index in [1.54, 1.807) is 12.4 Å². The van der Waals surface area contributed by atoms with Gasteiger partial charge >= 0.3 is 0 Å². The van der Waals surface area contributed by atoms with E-state index < -0.39 is 0 Å². The highest BCUT2D eigenvalue weighted by Crippen LogP contribution is 2.24. The van der Waals surface area contributed by atoms with Crippen LogP contribution in [0.15, 0.2) is 46.8 Å². The molecule has 0 spiro atoms. The van der Waals surface area contributed by atoms with E-state index in [0.717, 1.165) is 35.3 Å². The van der Waals surface area contributed by atoms with Crippen molar-refractivity contribution in [1.29, 1.82) is 0 Å². The molecular weight excluding hydrogens is 348 g/mol. The van der Waals surface area contributed by atoms with Gasteiger partial charge in [-0.25, -0.2) is 4.98 Å². The highest BCUT2D eigenvalue weighted by molar-refractivity contribution is 8.00. The molecule has 2 aromatic heterocycles. The van der Waals surface area contributed by atoms with Crippen LogP contribution in [0.5, 0.6) is 5.75 Å². The zero-order valence-corrected chi connectivity index (χ0v) is 15.6. The summed E-state index contributed by atoms with van der Waals surface area (Å²) < 4.78 is 7.80. The van der Waals surface area contributed by atoms with Crippen molar-refractivity contribution in [1.82, 2.24) is 20.0 Å². The maximum Gasteiger partial charge on any atom is 0.141 e. The minimum Gasteiger partial charge on any atom is -0.491 e. The summed E-state index contributed by atoms with van der Waals surface area (Å²) in [6.45, 7) is 4.95. The van der Waals surface area contributed by atoms with Gasteiger partial charge < -0.3 is 19.8 Å². The van der Waals surface area contributed by atoms with Crippen LogP contribution in [0.4, 0.5) is 0 Å². The molecule has 0 radical (unpaired) electrons. The molecule has 0 amide bonds. The first kappa shape index (κ1) is 17.1. The fraction of sp³-hybridized carbons (Fsp3) is 0.389. The zero-order valence-electron chi connectivity index (χ0n) is 14.8. The Morgan fingerprint density at radius 2 is 2.35 bits per heavy atom. The molecule has 2 aliphatic rings. The lowest BCUT2D eigenvalue weighted by Crippen LogP contribution is -2.35. The third-order valence-electron chi connectivity index (χ3n) is 4.04. The summed E-state index contributed by atoms with van der Waals surface area (Å²) in [5.41, 5.74) is 1.84. The van der Waals surface area contributed by atoms with E-state index in [1.807, 2.05) is 60.6 Å². The Labute approximate surface area is 156 Å². The van der Waals surface area contributed by atoms with E-state index in [2.05, 4.69) is 20.6 Å². The Hall–Kier alpha value is -2.32. The van der Waals surface area contributed by atoms with Crippen molar-refractivity contribution in [3.05, 3.63) is 42.5 Å². The largest absolute Gasteiger partial charge is 0.491 e. The average molecular weight is 370 g/mol. The van der Waals surface area contributed by atoms with Gasteiger partial charge in [-0.05, 0) is 26.0 Å². The molecule has 136 valence electrons. The van der Waals surface area contributed by atoms with Crippen molar-refractivity contribution >= 4 is 29.5 Å². The molecule has 1 saturated heterocycles. The van der Waals surface area contributed by atoms with E-state index in [-0.39, 0.29) is 12.1 Å². The van der Waals surface area contributed by atoms with Gasteiger partial charge in [0.2, 0.25) is 0 Å². The van der Waals surface area contributed by atoms with E-state index in [4.69, 9.17) is 9.73 Å². The minimum atomic E-state index is -0.147. The average Bonchev–Trinajstić information content (AvgIpc) is 3.20. The molecule has 0 bridgehead atoms. The van der Waals surface area contributed by atoms with Crippen LogP contribution in [0.1, 0.15) is 25.6 Å².